The minimum atomic E-state index is -4.32. The monoisotopic (exact) mass is 602 g/mol. The second-order valence-electron chi connectivity index (χ2n) is 9.96. The van der Waals surface area contributed by atoms with E-state index in [4.69, 9.17) is 24.3 Å². The van der Waals surface area contributed by atoms with Gasteiger partial charge in [-0.2, -0.15) is 15.4 Å². The Morgan fingerprint density at radius 3 is 2.64 bits per heavy atom. The number of ether oxygens (including phenoxy) is 2. The first kappa shape index (κ1) is 31.4. The van der Waals surface area contributed by atoms with Gasteiger partial charge in [-0.1, -0.05) is 44.9 Å². The number of nitrogen functional groups attached to an aromatic ring is 1. The first-order chi connectivity index (χ1) is 20.1. The Hall–Kier alpha value is -3.57. The molecule has 42 heavy (non-hydrogen) atoms. The van der Waals surface area contributed by atoms with Crippen molar-refractivity contribution in [1.29, 1.82) is 5.26 Å². The Bertz CT molecular complexity index is 1460. The fourth-order valence-corrected chi connectivity index (χ4v) is 6.07. The minimum absolute atomic E-state index is 0.0961. The minimum Gasteiger partial charge on any atom is -0.464 e. The zero-order valence-electron chi connectivity index (χ0n) is 23.5. The van der Waals surface area contributed by atoms with Crippen molar-refractivity contribution in [1.82, 2.24) is 19.7 Å². The van der Waals surface area contributed by atoms with Crippen LogP contribution in [0, 0.1) is 17.2 Å². The second-order valence-corrected chi connectivity index (χ2v) is 11.7. The zero-order chi connectivity index (χ0) is 30.5. The van der Waals surface area contributed by atoms with Crippen LogP contribution in [0.4, 0.5) is 5.82 Å². The molecule has 0 saturated carbocycles. The maximum absolute atomic E-state index is 13.9. The van der Waals surface area contributed by atoms with E-state index in [9.17, 15) is 24.8 Å². The predicted molar refractivity (Wildman–Crippen MR) is 150 cm³/mol. The highest BCUT2D eigenvalue weighted by Gasteiger charge is 2.58. The fourth-order valence-electron chi connectivity index (χ4n) is 4.57. The van der Waals surface area contributed by atoms with Crippen LogP contribution in [-0.2, 0) is 29.0 Å². The Labute approximate surface area is 242 Å². The van der Waals surface area contributed by atoms with Gasteiger partial charge in [0.05, 0.1) is 18.9 Å². The number of nitrogens with one attached hydrogen (secondary N) is 1. The van der Waals surface area contributed by atoms with Crippen molar-refractivity contribution < 1.29 is 38.1 Å². The molecule has 1 saturated heterocycles. The Morgan fingerprint density at radius 1 is 1.26 bits per heavy atom. The van der Waals surface area contributed by atoms with Crippen LogP contribution < -0.4 is 15.3 Å². The highest BCUT2D eigenvalue weighted by Crippen LogP contribution is 2.47. The molecule has 226 valence electrons. The van der Waals surface area contributed by atoms with Crippen LogP contribution in [-0.4, -0.2) is 68.3 Å². The van der Waals surface area contributed by atoms with E-state index in [2.05, 4.69) is 15.2 Å². The van der Waals surface area contributed by atoms with Crippen molar-refractivity contribution in [3.05, 3.63) is 54.5 Å². The predicted octanol–water partition coefficient (Wildman–Crippen LogP) is 2.31. The molecule has 0 bridgehead atoms. The van der Waals surface area contributed by atoms with E-state index in [0.717, 1.165) is 12.8 Å². The molecule has 15 heteroatoms. The number of carbonyl (C=O) groups excluding carboxylic acids is 1. The van der Waals surface area contributed by atoms with Crippen molar-refractivity contribution in [2.75, 3.05) is 18.9 Å². The summed E-state index contributed by atoms with van der Waals surface area (Å²) in [7, 11) is -4.32. The molecule has 1 aromatic carbocycles. The molecule has 1 unspecified atom stereocenters. The molecule has 1 aliphatic rings. The number of aliphatic hydroxyl groups is 2. The molecule has 14 nitrogen and oxygen atoms in total. The lowest BCUT2D eigenvalue weighted by Gasteiger charge is -2.25. The van der Waals surface area contributed by atoms with Gasteiger partial charge in [0.25, 0.3) is 0 Å². The average Bonchev–Trinajstić information content (AvgIpc) is 3.53. The molecule has 0 amide bonds. The Balaban J connectivity index is 1.53. The number of aliphatic hydroxyl groups excluding tert-OH is 2. The zero-order valence-corrected chi connectivity index (χ0v) is 24.4. The number of hydrogen-bond donors (Lipinski definition) is 4. The lowest BCUT2D eigenvalue weighted by atomic mass is 9.92. The third-order valence-electron chi connectivity index (χ3n) is 7.19. The summed E-state index contributed by atoms with van der Waals surface area (Å²) in [6.07, 6.45) is -1.87. The van der Waals surface area contributed by atoms with E-state index in [0.29, 0.717) is 5.52 Å². The van der Waals surface area contributed by atoms with E-state index in [1.807, 2.05) is 19.9 Å². The van der Waals surface area contributed by atoms with Crippen LogP contribution in [0.1, 0.15) is 39.3 Å². The van der Waals surface area contributed by atoms with E-state index >= 15 is 0 Å². The molecule has 1 fully saturated rings. The molecule has 6 atom stereocenters. The van der Waals surface area contributed by atoms with Gasteiger partial charge < -0.3 is 29.9 Å². The lowest BCUT2D eigenvalue weighted by molar-refractivity contribution is -0.146. The van der Waals surface area contributed by atoms with Crippen LogP contribution in [0.5, 0.6) is 5.75 Å². The van der Waals surface area contributed by atoms with Gasteiger partial charge in [0, 0.05) is 0 Å². The molecule has 0 spiro atoms. The number of para-hydroxylation sites is 1. The van der Waals surface area contributed by atoms with Crippen LogP contribution in [0.25, 0.3) is 5.52 Å². The number of benzene rings is 1. The van der Waals surface area contributed by atoms with Crippen LogP contribution in [0.15, 0.2) is 48.8 Å². The van der Waals surface area contributed by atoms with Gasteiger partial charge in [0.15, 0.2) is 5.82 Å². The van der Waals surface area contributed by atoms with Gasteiger partial charge in [0.2, 0.25) is 5.60 Å². The van der Waals surface area contributed by atoms with Crippen molar-refractivity contribution in [3.8, 4) is 11.8 Å². The molecule has 3 aromatic rings. The third-order valence-corrected chi connectivity index (χ3v) is 8.83. The van der Waals surface area contributed by atoms with Crippen LogP contribution >= 0.6 is 7.75 Å². The van der Waals surface area contributed by atoms with E-state index in [-0.39, 0.29) is 29.8 Å². The molecule has 0 aliphatic carbocycles. The summed E-state index contributed by atoms with van der Waals surface area (Å²) in [5.41, 5.74) is 4.28. The number of nitrogens with zero attached hydrogens (tertiary/aromatic N) is 4. The number of hydrogen-bond acceptors (Lipinski definition) is 12. The third kappa shape index (κ3) is 6.42. The number of esters is 1. The molecular formula is C27H35N6O8P. The molecule has 0 radical (unpaired) electrons. The summed E-state index contributed by atoms with van der Waals surface area (Å²) in [6, 6.07) is 12.0. The van der Waals surface area contributed by atoms with Crippen molar-refractivity contribution >= 4 is 25.1 Å². The highest BCUT2D eigenvalue weighted by molar-refractivity contribution is 7.52. The van der Waals surface area contributed by atoms with E-state index in [1.165, 1.54) is 23.8 Å². The Kier molecular flexibility index (Phi) is 9.83. The lowest BCUT2D eigenvalue weighted by Crippen LogP contribution is -2.41. The standard InChI is InChI=1S/C27H35N6O8P/c1-4-18(5-2)13-38-26(36)17(3)32-42(37,41-19-9-7-6-8-10-19)39-14-21-23(34)24(35)27(15-28,40-21)22-12-11-20-25(29)30-16-31-33(20)22/h6-12,16-18,21,23-24,34-35H,4-5,13-14H2,1-3H3,(H,32,37)(H2,29,30,31)/t17?,21-,23-,24-,27+,42+/m1/s1. The topological polar surface area (TPSA) is 204 Å². The van der Waals surface area contributed by atoms with Crippen LogP contribution in [0.3, 0.4) is 0 Å². The normalized spacial score (nSPS) is 24.3. The average molecular weight is 603 g/mol. The molecule has 1 aliphatic heterocycles. The largest absolute Gasteiger partial charge is 0.464 e. The number of aromatic nitrogens is 3. The maximum atomic E-state index is 13.9. The highest BCUT2D eigenvalue weighted by atomic mass is 31.2. The Morgan fingerprint density at radius 2 is 1.98 bits per heavy atom. The van der Waals surface area contributed by atoms with E-state index < -0.39 is 50.3 Å². The number of carbonyl (C=O) groups is 1. The van der Waals surface area contributed by atoms with Gasteiger partial charge in [-0.15, -0.1) is 0 Å². The number of anilines is 1. The summed E-state index contributed by atoms with van der Waals surface area (Å²) in [4.78, 5) is 16.6. The number of nitrogens with two attached hydrogens (primary N) is 1. The summed E-state index contributed by atoms with van der Waals surface area (Å²) < 4.78 is 37.8. The number of rotatable bonds is 13. The molecule has 5 N–H and O–H groups in total. The number of fused-ring (bicyclic) bond motifs is 1. The molecule has 3 heterocycles. The fraction of sp³-hybridized carbons (Fsp3) is 0.481. The summed E-state index contributed by atoms with van der Waals surface area (Å²) in [5.74, 6) is -0.143. The maximum Gasteiger partial charge on any atom is 0.459 e. The van der Waals surface area contributed by atoms with Gasteiger partial charge >= 0.3 is 13.7 Å². The van der Waals surface area contributed by atoms with Gasteiger partial charge in [-0.25, -0.2) is 14.1 Å². The quantitative estimate of drug-likeness (QED) is 0.164. The summed E-state index contributed by atoms with van der Waals surface area (Å²) >= 11 is 0. The van der Waals surface area contributed by atoms with E-state index in [1.54, 1.807) is 36.4 Å². The van der Waals surface area contributed by atoms with Crippen molar-refractivity contribution in [3.63, 3.8) is 0 Å². The summed E-state index contributed by atoms with van der Waals surface area (Å²) in [6.45, 7) is 5.08. The summed E-state index contributed by atoms with van der Waals surface area (Å²) in [5, 5.41) is 38.7. The van der Waals surface area contributed by atoms with Gasteiger partial charge in [-0.3, -0.25) is 9.32 Å². The van der Waals surface area contributed by atoms with Crippen molar-refractivity contribution in [2.45, 2.75) is 63.6 Å². The first-order valence-corrected chi connectivity index (χ1v) is 15.1. The molecular weight excluding hydrogens is 567 g/mol. The molecule has 4 rings (SSSR count). The second kappa shape index (κ2) is 13.2. The first-order valence-electron chi connectivity index (χ1n) is 13.5. The van der Waals surface area contributed by atoms with Gasteiger partial charge in [0.1, 0.15) is 48.0 Å². The van der Waals surface area contributed by atoms with Crippen molar-refractivity contribution in [2.24, 2.45) is 5.92 Å². The molecule has 2 aromatic heterocycles. The van der Waals surface area contributed by atoms with Crippen LogP contribution in [0.2, 0.25) is 0 Å². The number of nitriles is 1. The smallest absolute Gasteiger partial charge is 0.459 e. The SMILES string of the molecule is CCC(CC)COC(=O)C(C)N[P@](=O)(OC[C@H]1O[C@@](C#N)(c2ccc3c(N)ncnn23)[C@H](O)[C@@H]1O)Oc1ccccc1. The van der Waals surface area contributed by atoms with Gasteiger partial charge in [-0.05, 0) is 37.1 Å².